The van der Waals surface area contributed by atoms with Gasteiger partial charge in [-0.3, -0.25) is 0 Å². The van der Waals surface area contributed by atoms with Crippen LogP contribution in [-0.2, 0) is 6.42 Å². The quantitative estimate of drug-likeness (QED) is 0.648. The summed E-state index contributed by atoms with van der Waals surface area (Å²) in [5, 5.41) is 10.2. The lowest BCUT2D eigenvalue weighted by molar-refractivity contribution is 0.177. The zero-order valence-corrected chi connectivity index (χ0v) is 14.5. The van der Waals surface area contributed by atoms with E-state index in [1.165, 1.54) is 17.4 Å². The molecule has 1 aromatic carbocycles. The minimum atomic E-state index is -0.731. The summed E-state index contributed by atoms with van der Waals surface area (Å²) in [5.74, 6) is -0.303. The predicted molar refractivity (Wildman–Crippen MR) is 82.5 cm³/mol. The first-order valence-corrected chi connectivity index (χ1v) is 8.23. The van der Waals surface area contributed by atoms with Crippen LogP contribution in [0, 0.1) is 5.82 Å². The fourth-order valence-corrected chi connectivity index (χ4v) is 4.96. The maximum Gasteiger partial charge on any atom is 0.126 e. The lowest BCUT2D eigenvalue weighted by atomic mass is 10.0. The molecule has 0 saturated heterocycles. The second kappa shape index (κ2) is 6.13. The lowest BCUT2D eigenvalue weighted by Gasteiger charge is -2.11. The summed E-state index contributed by atoms with van der Waals surface area (Å²) in [6.07, 6.45) is -0.488. The second-order valence-corrected chi connectivity index (χ2v) is 8.40. The van der Waals surface area contributed by atoms with Crippen LogP contribution in [0.3, 0.4) is 0 Å². The van der Waals surface area contributed by atoms with Crippen molar-refractivity contribution in [2.45, 2.75) is 12.5 Å². The van der Waals surface area contributed by atoms with E-state index in [1.807, 2.05) is 6.07 Å². The molecular formula is C12H8Br3FOS. The summed E-state index contributed by atoms with van der Waals surface area (Å²) < 4.78 is 16.2. The van der Waals surface area contributed by atoms with E-state index in [2.05, 4.69) is 47.8 Å². The second-order valence-electron chi connectivity index (χ2n) is 3.74. The van der Waals surface area contributed by atoms with Crippen molar-refractivity contribution in [3.05, 3.63) is 53.3 Å². The van der Waals surface area contributed by atoms with Gasteiger partial charge < -0.3 is 5.11 Å². The molecule has 1 heterocycles. The van der Waals surface area contributed by atoms with Gasteiger partial charge in [-0.1, -0.05) is 15.9 Å². The molecule has 2 rings (SSSR count). The third-order valence-electron chi connectivity index (χ3n) is 2.46. The molecule has 18 heavy (non-hydrogen) atoms. The Bertz CT molecular complexity index is 570. The van der Waals surface area contributed by atoms with Gasteiger partial charge in [0.25, 0.3) is 0 Å². The van der Waals surface area contributed by atoms with E-state index in [4.69, 9.17) is 0 Å². The number of aliphatic hydroxyl groups excluding tert-OH is 1. The molecule has 0 fully saturated rings. The minimum Gasteiger partial charge on any atom is -0.388 e. The van der Waals surface area contributed by atoms with Crippen LogP contribution in [0.25, 0.3) is 0 Å². The highest BCUT2D eigenvalue weighted by molar-refractivity contribution is 9.12. The minimum absolute atomic E-state index is 0.243. The number of hydrogen-bond donors (Lipinski definition) is 1. The monoisotopic (exact) mass is 456 g/mol. The van der Waals surface area contributed by atoms with Gasteiger partial charge in [-0.2, -0.15) is 0 Å². The average molecular weight is 459 g/mol. The Hall–Kier alpha value is 0.250. The van der Waals surface area contributed by atoms with Crippen LogP contribution in [0.5, 0.6) is 0 Å². The highest BCUT2D eigenvalue weighted by Crippen LogP contribution is 2.36. The van der Waals surface area contributed by atoms with Crippen LogP contribution < -0.4 is 0 Å². The Labute approximate surface area is 133 Å². The van der Waals surface area contributed by atoms with Gasteiger partial charge in [-0.25, -0.2) is 4.39 Å². The summed E-state index contributed by atoms with van der Waals surface area (Å²) in [6, 6.07) is 6.57. The van der Waals surface area contributed by atoms with E-state index >= 15 is 0 Å². The van der Waals surface area contributed by atoms with Gasteiger partial charge in [0.15, 0.2) is 0 Å². The summed E-state index contributed by atoms with van der Waals surface area (Å²) in [5.41, 5.74) is 1.26. The molecule has 0 spiro atoms. The SMILES string of the molecule is OC(Cc1cc(Br)ccc1F)c1cc(Br)sc1Br. The number of halogens is 4. The molecule has 0 amide bonds. The van der Waals surface area contributed by atoms with Gasteiger partial charge in [0, 0.05) is 16.5 Å². The van der Waals surface area contributed by atoms with E-state index in [0.717, 1.165) is 17.6 Å². The third-order valence-corrected chi connectivity index (χ3v) is 5.34. The largest absolute Gasteiger partial charge is 0.388 e. The molecule has 2 aromatic rings. The van der Waals surface area contributed by atoms with E-state index < -0.39 is 6.10 Å². The van der Waals surface area contributed by atoms with Crippen molar-refractivity contribution in [1.82, 2.24) is 0 Å². The Kier molecular flexibility index (Phi) is 4.99. The Morgan fingerprint density at radius 2 is 1.94 bits per heavy atom. The van der Waals surface area contributed by atoms with Crippen molar-refractivity contribution >= 4 is 59.1 Å². The van der Waals surface area contributed by atoms with Crippen molar-refractivity contribution in [1.29, 1.82) is 0 Å². The first kappa shape index (κ1) is 14.7. The molecule has 1 unspecified atom stereocenters. The maximum absolute atomic E-state index is 13.6. The van der Waals surface area contributed by atoms with Crippen LogP contribution in [0.15, 0.2) is 36.3 Å². The normalized spacial score (nSPS) is 12.7. The Morgan fingerprint density at radius 3 is 2.56 bits per heavy atom. The number of rotatable bonds is 3. The lowest BCUT2D eigenvalue weighted by Crippen LogP contribution is -2.03. The van der Waals surface area contributed by atoms with Gasteiger partial charge in [-0.05, 0) is 61.7 Å². The van der Waals surface area contributed by atoms with Gasteiger partial charge in [0.1, 0.15) is 5.82 Å². The molecule has 0 saturated carbocycles. The number of thiophene rings is 1. The molecule has 0 aliphatic rings. The van der Waals surface area contributed by atoms with Crippen molar-refractivity contribution in [3.8, 4) is 0 Å². The third kappa shape index (κ3) is 3.42. The molecule has 96 valence electrons. The molecule has 0 radical (unpaired) electrons. The van der Waals surface area contributed by atoms with Crippen LogP contribution in [0.2, 0.25) is 0 Å². The van der Waals surface area contributed by atoms with Gasteiger partial charge in [-0.15, -0.1) is 11.3 Å². The van der Waals surface area contributed by atoms with E-state index in [1.54, 1.807) is 12.1 Å². The van der Waals surface area contributed by atoms with E-state index in [0.29, 0.717) is 5.56 Å². The predicted octanol–water partition coefficient (Wildman–Crippen LogP) is 5.45. The first-order valence-electron chi connectivity index (χ1n) is 5.04. The standard InChI is InChI=1S/C12H8Br3FOS/c13-7-1-2-9(16)6(3-7)4-10(17)8-5-11(14)18-12(8)15/h1-3,5,10,17H,4H2. The zero-order chi connectivity index (χ0) is 13.3. The molecule has 0 aliphatic carbocycles. The number of aliphatic hydroxyl groups is 1. The van der Waals surface area contributed by atoms with Gasteiger partial charge >= 0.3 is 0 Å². The summed E-state index contributed by atoms with van der Waals surface area (Å²) in [4.78, 5) is 0. The molecule has 1 N–H and O–H groups in total. The van der Waals surface area contributed by atoms with Crippen LogP contribution in [0.4, 0.5) is 4.39 Å². The van der Waals surface area contributed by atoms with E-state index in [-0.39, 0.29) is 12.2 Å². The molecule has 1 aromatic heterocycles. The molecule has 6 heteroatoms. The van der Waals surface area contributed by atoms with Crippen molar-refractivity contribution in [3.63, 3.8) is 0 Å². The highest BCUT2D eigenvalue weighted by Gasteiger charge is 2.17. The Balaban J connectivity index is 2.23. The summed E-state index contributed by atoms with van der Waals surface area (Å²) in [7, 11) is 0. The molecule has 1 nitrogen and oxygen atoms in total. The fourth-order valence-electron chi connectivity index (χ4n) is 1.60. The Morgan fingerprint density at radius 1 is 1.22 bits per heavy atom. The van der Waals surface area contributed by atoms with Gasteiger partial charge in [0.05, 0.1) is 13.7 Å². The maximum atomic E-state index is 13.6. The van der Waals surface area contributed by atoms with Crippen LogP contribution in [-0.4, -0.2) is 5.11 Å². The zero-order valence-electron chi connectivity index (χ0n) is 8.96. The number of hydrogen-bond acceptors (Lipinski definition) is 2. The first-order chi connectivity index (χ1) is 8.47. The molecule has 1 atom stereocenters. The number of benzene rings is 1. The fraction of sp³-hybridized carbons (Fsp3) is 0.167. The van der Waals surface area contributed by atoms with Crippen molar-refractivity contribution in [2.75, 3.05) is 0 Å². The van der Waals surface area contributed by atoms with Crippen molar-refractivity contribution in [2.24, 2.45) is 0 Å². The van der Waals surface area contributed by atoms with Gasteiger partial charge in [0.2, 0.25) is 0 Å². The van der Waals surface area contributed by atoms with E-state index in [9.17, 15) is 9.50 Å². The summed E-state index contributed by atoms with van der Waals surface area (Å²) in [6.45, 7) is 0. The van der Waals surface area contributed by atoms with Crippen LogP contribution in [0.1, 0.15) is 17.2 Å². The summed E-state index contributed by atoms with van der Waals surface area (Å²) >= 11 is 11.5. The molecule has 0 aliphatic heterocycles. The molecule has 0 bridgehead atoms. The van der Waals surface area contributed by atoms with Crippen molar-refractivity contribution < 1.29 is 9.50 Å². The van der Waals surface area contributed by atoms with Crippen LogP contribution >= 0.6 is 59.1 Å². The average Bonchev–Trinajstić information content (AvgIpc) is 2.63. The molecular weight excluding hydrogens is 451 g/mol. The smallest absolute Gasteiger partial charge is 0.126 e. The highest BCUT2D eigenvalue weighted by atomic mass is 79.9. The topological polar surface area (TPSA) is 20.2 Å².